The molecule has 0 atom stereocenters. The lowest BCUT2D eigenvalue weighted by Gasteiger charge is -2.32. The molecule has 0 spiro atoms. The SMILES string of the molecule is CCn1cc(CN2CCC(n3nccc3NC(=O)c3cccc(F)c3)CC2)cn1. The molecule has 3 aromatic rings. The van der Waals surface area contributed by atoms with Gasteiger partial charge in [0.15, 0.2) is 0 Å². The minimum atomic E-state index is -0.428. The molecule has 1 N–H and O–H groups in total. The lowest BCUT2D eigenvalue weighted by Crippen LogP contribution is -2.34. The van der Waals surface area contributed by atoms with Crippen LogP contribution in [0.3, 0.4) is 0 Å². The number of hydrogen-bond acceptors (Lipinski definition) is 4. The molecule has 29 heavy (non-hydrogen) atoms. The van der Waals surface area contributed by atoms with Gasteiger partial charge in [0.1, 0.15) is 11.6 Å². The molecule has 8 heteroatoms. The molecule has 0 aliphatic carbocycles. The zero-order valence-corrected chi connectivity index (χ0v) is 16.5. The van der Waals surface area contributed by atoms with E-state index in [0.29, 0.717) is 11.4 Å². The predicted octanol–water partition coefficient (Wildman–Crippen LogP) is 3.33. The quantitative estimate of drug-likeness (QED) is 0.694. The Kier molecular flexibility index (Phi) is 5.71. The highest BCUT2D eigenvalue weighted by atomic mass is 19.1. The third-order valence-corrected chi connectivity index (χ3v) is 5.32. The van der Waals surface area contributed by atoms with Crippen molar-refractivity contribution in [2.24, 2.45) is 0 Å². The first-order valence-corrected chi connectivity index (χ1v) is 9.96. The number of benzene rings is 1. The number of hydrogen-bond donors (Lipinski definition) is 1. The Balaban J connectivity index is 1.36. The molecular weight excluding hydrogens is 371 g/mol. The Labute approximate surface area is 169 Å². The van der Waals surface area contributed by atoms with Crippen LogP contribution in [0.25, 0.3) is 0 Å². The molecule has 4 rings (SSSR count). The summed E-state index contributed by atoms with van der Waals surface area (Å²) in [6.07, 6.45) is 7.62. The lowest BCUT2D eigenvalue weighted by molar-refractivity contribution is 0.102. The summed E-state index contributed by atoms with van der Waals surface area (Å²) in [5.41, 5.74) is 1.52. The third kappa shape index (κ3) is 4.54. The predicted molar refractivity (Wildman–Crippen MR) is 108 cm³/mol. The highest BCUT2D eigenvalue weighted by Crippen LogP contribution is 2.26. The van der Waals surface area contributed by atoms with Crippen LogP contribution in [0, 0.1) is 5.82 Å². The summed E-state index contributed by atoms with van der Waals surface area (Å²) in [6, 6.07) is 7.68. The average molecular weight is 396 g/mol. The summed E-state index contributed by atoms with van der Waals surface area (Å²) in [5, 5.41) is 11.6. The molecule has 0 unspecified atom stereocenters. The highest BCUT2D eigenvalue weighted by Gasteiger charge is 2.23. The van der Waals surface area contributed by atoms with Crippen LogP contribution in [0.5, 0.6) is 0 Å². The molecule has 2 aromatic heterocycles. The number of rotatable bonds is 6. The van der Waals surface area contributed by atoms with Crippen molar-refractivity contribution in [1.29, 1.82) is 0 Å². The number of halogens is 1. The van der Waals surface area contributed by atoms with Gasteiger partial charge < -0.3 is 5.32 Å². The van der Waals surface area contributed by atoms with Gasteiger partial charge in [-0.2, -0.15) is 10.2 Å². The van der Waals surface area contributed by atoms with Crippen molar-refractivity contribution in [3.63, 3.8) is 0 Å². The standard InChI is InChI=1S/C21H25FN6O/c1-2-27-15-16(13-24-27)14-26-10-7-19(8-11-26)28-20(6-9-23-28)25-21(29)17-4-3-5-18(22)12-17/h3-6,9,12-13,15,19H,2,7-8,10-11,14H2,1H3,(H,25,29). The first-order valence-electron chi connectivity index (χ1n) is 9.96. The van der Waals surface area contributed by atoms with E-state index in [9.17, 15) is 9.18 Å². The van der Waals surface area contributed by atoms with Gasteiger partial charge in [0.05, 0.1) is 18.4 Å². The van der Waals surface area contributed by atoms with Crippen LogP contribution in [0.2, 0.25) is 0 Å². The molecule has 1 aliphatic rings. The lowest BCUT2D eigenvalue weighted by atomic mass is 10.0. The second-order valence-corrected chi connectivity index (χ2v) is 7.34. The van der Waals surface area contributed by atoms with Gasteiger partial charge in [-0.25, -0.2) is 9.07 Å². The summed E-state index contributed by atoms with van der Waals surface area (Å²) in [5.74, 6) is -0.124. The zero-order valence-electron chi connectivity index (χ0n) is 16.5. The van der Waals surface area contributed by atoms with Crippen molar-refractivity contribution >= 4 is 11.7 Å². The molecule has 0 saturated carbocycles. The average Bonchev–Trinajstić information content (AvgIpc) is 3.38. The van der Waals surface area contributed by atoms with Gasteiger partial charge in [-0.05, 0) is 38.0 Å². The Bertz CT molecular complexity index is 973. The largest absolute Gasteiger partial charge is 0.307 e. The van der Waals surface area contributed by atoms with Crippen LogP contribution in [-0.4, -0.2) is 43.5 Å². The smallest absolute Gasteiger partial charge is 0.256 e. The molecule has 0 radical (unpaired) electrons. The summed E-state index contributed by atoms with van der Waals surface area (Å²) >= 11 is 0. The van der Waals surface area contributed by atoms with E-state index < -0.39 is 5.82 Å². The first kappa shape index (κ1) is 19.3. The van der Waals surface area contributed by atoms with Crippen molar-refractivity contribution < 1.29 is 9.18 Å². The van der Waals surface area contributed by atoms with Crippen molar-refractivity contribution in [2.45, 2.75) is 38.9 Å². The normalized spacial score (nSPS) is 15.5. The molecule has 1 amide bonds. The van der Waals surface area contributed by atoms with Gasteiger partial charge in [0, 0.05) is 49.6 Å². The summed E-state index contributed by atoms with van der Waals surface area (Å²) in [4.78, 5) is 14.9. The number of aryl methyl sites for hydroxylation is 1. The molecule has 0 bridgehead atoms. The van der Waals surface area contributed by atoms with E-state index in [1.807, 2.05) is 15.6 Å². The first-order chi connectivity index (χ1) is 14.1. The number of nitrogens with one attached hydrogen (secondary N) is 1. The Morgan fingerprint density at radius 2 is 2.07 bits per heavy atom. The Morgan fingerprint density at radius 3 is 2.79 bits per heavy atom. The van der Waals surface area contributed by atoms with Crippen molar-refractivity contribution in [2.75, 3.05) is 18.4 Å². The van der Waals surface area contributed by atoms with Crippen LogP contribution in [-0.2, 0) is 13.1 Å². The van der Waals surface area contributed by atoms with Crippen LogP contribution in [0.1, 0.15) is 41.7 Å². The van der Waals surface area contributed by atoms with E-state index in [4.69, 9.17) is 0 Å². The van der Waals surface area contributed by atoms with Gasteiger partial charge in [0.2, 0.25) is 0 Å². The Morgan fingerprint density at radius 1 is 1.24 bits per heavy atom. The number of amides is 1. The fourth-order valence-electron chi connectivity index (χ4n) is 3.76. The third-order valence-electron chi connectivity index (χ3n) is 5.32. The van der Waals surface area contributed by atoms with Gasteiger partial charge in [-0.1, -0.05) is 6.07 Å². The zero-order chi connectivity index (χ0) is 20.2. The van der Waals surface area contributed by atoms with E-state index in [2.05, 4.69) is 33.5 Å². The molecule has 1 aromatic carbocycles. The second-order valence-electron chi connectivity index (χ2n) is 7.34. The van der Waals surface area contributed by atoms with Crippen molar-refractivity contribution in [1.82, 2.24) is 24.5 Å². The van der Waals surface area contributed by atoms with E-state index in [1.165, 1.54) is 23.8 Å². The van der Waals surface area contributed by atoms with Gasteiger partial charge >= 0.3 is 0 Å². The Hall–Kier alpha value is -3.00. The summed E-state index contributed by atoms with van der Waals surface area (Å²) in [7, 11) is 0. The van der Waals surface area contributed by atoms with Crippen LogP contribution in [0.15, 0.2) is 48.9 Å². The number of carbonyl (C=O) groups excluding carboxylic acids is 1. The summed E-state index contributed by atoms with van der Waals surface area (Å²) < 4.78 is 17.2. The molecule has 152 valence electrons. The number of likely N-dealkylation sites (tertiary alicyclic amines) is 1. The number of anilines is 1. The maximum Gasteiger partial charge on any atom is 0.256 e. The molecule has 1 fully saturated rings. The van der Waals surface area contributed by atoms with Crippen molar-refractivity contribution in [3.05, 3.63) is 65.9 Å². The van der Waals surface area contributed by atoms with E-state index in [-0.39, 0.29) is 11.9 Å². The van der Waals surface area contributed by atoms with Crippen LogP contribution >= 0.6 is 0 Å². The van der Waals surface area contributed by atoms with E-state index >= 15 is 0 Å². The molecular formula is C21H25FN6O. The van der Waals surface area contributed by atoms with Crippen molar-refractivity contribution in [3.8, 4) is 0 Å². The summed E-state index contributed by atoms with van der Waals surface area (Å²) in [6.45, 7) is 5.77. The van der Waals surface area contributed by atoms with Crippen LogP contribution in [0.4, 0.5) is 10.2 Å². The number of aromatic nitrogens is 4. The molecule has 1 saturated heterocycles. The minimum absolute atomic E-state index is 0.224. The number of nitrogens with zero attached hydrogens (tertiary/aromatic N) is 5. The highest BCUT2D eigenvalue weighted by molar-refractivity contribution is 6.03. The monoisotopic (exact) mass is 396 g/mol. The van der Waals surface area contributed by atoms with Gasteiger partial charge in [-0.15, -0.1) is 0 Å². The van der Waals surface area contributed by atoms with E-state index in [1.54, 1.807) is 18.3 Å². The molecule has 3 heterocycles. The minimum Gasteiger partial charge on any atom is -0.307 e. The fourth-order valence-corrected chi connectivity index (χ4v) is 3.76. The maximum atomic E-state index is 13.4. The maximum absolute atomic E-state index is 13.4. The topological polar surface area (TPSA) is 68.0 Å². The number of carbonyl (C=O) groups is 1. The second kappa shape index (κ2) is 8.57. The van der Waals surface area contributed by atoms with Gasteiger partial charge in [0.25, 0.3) is 5.91 Å². The van der Waals surface area contributed by atoms with E-state index in [0.717, 1.165) is 39.0 Å². The molecule has 1 aliphatic heterocycles. The van der Waals surface area contributed by atoms with Crippen LogP contribution < -0.4 is 5.32 Å². The number of piperidine rings is 1. The molecule has 7 nitrogen and oxygen atoms in total. The fraction of sp³-hybridized carbons (Fsp3) is 0.381. The van der Waals surface area contributed by atoms with Gasteiger partial charge in [-0.3, -0.25) is 14.4 Å².